The van der Waals surface area contributed by atoms with Crippen molar-refractivity contribution in [1.29, 1.82) is 0 Å². The van der Waals surface area contributed by atoms with E-state index in [4.69, 9.17) is 9.47 Å². The molecule has 0 unspecified atom stereocenters. The zero-order valence-corrected chi connectivity index (χ0v) is 13.5. The second-order valence-electron chi connectivity index (χ2n) is 4.92. The largest absolute Gasteiger partial charge is 0.382 e. The van der Waals surface area contributed by atoms with Gasteiger partial charge in [-0.3, -0.25) is 4.79 Å². The third-order valence-corrected chi connectivity index (χ3v) is 3.43. The van der Waals surface area contributed by atoms with Crippen LogP contribution in [0.3, 0.4) is 0 Å². The van der Waals surface area contributed by atoms with Gasteiger partial charge in [0.15, 0.2) is 0 Å². The van der Waals surface area contributed by atoms with E-state index in [2.05, 4.69) is 17.1 Å². The van der Waals surface area contributed by atoms with Crippen LogP contribution in [0.5, 0.6) is 0 Å². The lowest BCUT2D eigenvalue weighted by atomic mass is 10.0. The van der Waals surface area contributed by atoms with Crippen molar-refractivity contribution >= 4 is 18.3 Å². The number of piperidine rings is 1. The number of hydrogen-bond acceptors (Lipinski definition) is 4. The molecule has 5 nitrogen and oxygen atoms in total. The average molecular weight is 309 g/mol. The summed E-state index contributed by atoms with van der Waals surface area (Å²) in [5.74, 6) is 0.228. The van der Waals surface area contributed by atoms with Crippen LogP contribution in [0.1, 0.15) is 32.6 Å². The number of carbonyl (C=O) groups excluding carboxylic acids is 1. The van der Waals surface area contributed by atoms with E-state index in [-0.39, 0.29) is 18.3 Å². The minimum atomic E-state index is 0. The Labute approximate surface area is 128 Å². The van der Waals surface area contributed by atoms with E-state index in [0.29, 0.717) is 32.3 Å². The van der Waals surface area contributed by atoms with E-state index in [1.165, 1.54) is 0 Å². The Hall–Kier alpha value is -0.360. The number of rotatable bonds is 9. The predicted octanol–water partition coefficient (Wildman–Crippen LogP) is 1.45. The number of amides is 1. The van der Waals surface area contributed by atoms with Gasteiger partial charge in [-0.15, -0.1) is 12.4 Å². The van der Waals surface area contributed by atoms with Crippen LogP contribution in [-0.2, 0) is 14.3 Å². The van der Waals surface area contributed by atoms with E-state index < -0.39 is 0 Å². The van der Waals surface area contributed by atoms with Gasteiger partial charge in [-0.2, -0.15) is 0 Å². The molecular weight excluding hydrogens is 280 g/mol. The standard InChI is InChI=1S/C14H28N2O3.ClH/c1-3-9-16(13-4-7-15-8-5-13)14(17)6-10-19-12-11-18-2;/h13,15H,3-12H2,1-2H3;1H. The topological polar surface area (TPSA) is 50.8 Å². The predicted molar refractivity (Wildman–Crippen MR) is 82.5 cm³/mol. The Morgan fingerprint density at radius 2 is 1.95 bits per heavy atom. The van der Waals surface area contributed by atoms with Crippen molar-refractivity contribution in [2.75, 3.05) is 46.6 Å². The van der Waals surface area contributed by atoms with Crippen molar-refractivity contribution in [3.8, 4) is 0 Å². The van der Waals surface area contributed by atoms with E-state index in [1.54, 1.807) is 7.11 Å². The summed E-state index contributed by atoms with van der Waals surface area (Å²) < 4.78 is 10.3. The SMILES string of the molecule is CCCN(C(=O)CCOCCOC)C1CCNCC1.Cl. The fraction of sp³-hybridized carbons (Fsp3) is 0.929. The summed E-state index contributed by atoms with van der Waals surface area (Å²) in [6.45, 7) is 6.66. The van der Waals surface area contributed by atoms with Crippen LogP contribution < -0.4 is 5.32 Å². The summed E-state index contributed by atoms with van der Waals surface area (Å²) in [5, 5.41) is 3.34. The third-order valence-electron chi connectivity index (χ3n) is 3.43. The van der Waals surface area contributed by atoms with Crippen LogP contribution in [0.15, 0.2) is 0 Å². The lowest BCUT2D eigenvalue weighted by Crippen LogP contribution is -2.46. The number of hydrogen-bond donors (Lipinski definition) is 1. The number of methoxy groups -OCH3 is 1. The maximum Gasteiger partial charge on any atom is 0.225 e. The molecule has 1 rings (SSSR count). The molecule has 1 saturated heterocycles. The van der Waals surface area contributed by atoms with Gasteiger partial charge in [0.1, 0.15) is 0 Å². The maximum atomic E-state index is 12.3. The number of nitrogens with one attached hydrogen (secondary N) is 1. The minimum absolute atomic E-state index is 0. The van der Waals surface area contributed by atoms with Crippen LogP contribution in [0.4, 0.5) is 0 Å². The molecule has 0 aromatic carbocycles. The van der Waals surface area contributed by atoms with Crippen LogP contribution in [-0.4, -0.2) is 63.4 Å². The molecule has 0 aromatic heterocycles. The van der Waals surface area contributed by atoms with Gasteiger partial charge in [-0.25, -0.2) is 0 Å². The van der Waals surface area contributed by atoms with Crippen molar-refractivity contribution in [3.05, 3.63) is 0 Å². The van der Waals surface area contributed by atoms with Gasteiger partial charge >= 0.3 is 0 Å². The molecule has 0 aromatic rings. The molecule has 0 radical (unpaired) electrons. The van der Waals surface area contributed by atoms with Crippen LogP contribution in [0.2, 0.25) is 0 Å². The summed E-state index contributed by atoms with van der Waals surface area (Å²) in [6, 6.07) is 0.410. The molecule has 1 fully saturated rings. The second kappa shape index (κ2) is 12.4. The fourth-order valence-corrected chi connectivity index (χ4v) is 2.42. The molecule has 0 atom stereocenters. The molecule has 120 valence electrons. The molecule has 6 heteroatoms. The highest BCUT2D eigenvalue weighted by Gasteiger charge is 2.24. The normalized spacial score (nSPS) is 15.7. The molecule has 0 saturated carbocycles. The van der Waals surface area contributed by atoms with E-state index in [1.807, 2.05) is 0 Å². The Morgan fingerprint density at radius 3 is 2.55 bits per heavy atom. The molecule has 1 amide bonds. The van der Waals surface area contributed by atoms with Gasteiger partial charge in [0.05, 0.1) is 26.2 Å². The number of ether oxygens (including phenoxy) is 2. The Bertz CT molecular complexity index is 249. The van der Waals surface area contributed by atoms with Gasteiger partial charge in [-0.1, -0.05) is 6.92 Å². The quantitative estimate of drug-likeness (QED) is 0.655. The molecule has 1 heterocycles. The highest BCUT2D eigenvalue weighted by atomic mass is 35.5. The molecule has 20 heavy (non-hydrogen) atoms. The van der Waals surface area contributed by atoms with Gasteiger partial charge in [0, 0.05) is 19.7 Å². The minimum Gasteiger partial charge on any atom is -0.382 e. The van der Waals surface area contributed by atoms with Crippen LogP contribution in [0.25, 0.3) is 0 Å². The zero-order valence-electron chi connectivity index (χ0n) is 12.7. The van der Waals surface area contributed by atoms with E-state index in [0.717, 1.165) is 38.9 Å². The first-order valence-corrected chi connectivity index (χ1v) is 7.36. The highest BCUT2D eigenvalue weighted by molar-refractivity contribution is 5.85. The average Bonchev–Trinajstić information content (AvgIpc) is 2.45. The summed E-state index contributed by atoms with van der Waals surface area (Å²) >= 11 is 0. The van der Waals surface area contributed by atoms with Gasteiger partial charge in [0.25, 0.3) is 0 Å². The molecule has 0 bridgehead atoms. The molecular formula is C14H29ClN2O3. The monoisotopic (exact) mass is 308 g/mol. The van der Waals surface area contributed by atoms with E-state index in [9.17, 15) is 4.79 Å². The summed E-state index contributed by atoms with van der Waals surface area (Å²) in [5.41, 5.74) is 0. The lowest BCUT2D eigenvalue weighted by molar-refractivity contribution is -0.135. The van der Waals surface area contributed by atoms with Gasteiger partial charge in [0.2, 0.25) is 5.91 Å². The Balaban J connectivity index is 0.00000361. The van der Waals surface area contributed by atoms with Crippen molar-refractivity contribution in [2.45, 2.75) is 38.6 Å². The highest BCUT2D eigenvalue weighted by Crippen LogP contribution is 2.13. The third kappa shape index (κ3) is 7.43. The first-order valence-electron chi connectivity index (χ1n) is 7.36. The van der Waals surface area contributed by atoms with Gasteiger partial charge < -0.3 is 19.7 Å². The second-order valence-corrected chi connectivity index (χ2v) is 4.92. The lowest BCUT2D eigenvalue weighted by Gasteiger charge is -2.34. The smallest absolute Gasteiger partial charge is 0.225 e. The van der Waals surface area contributed by atoms with E-state index >= 15 is 0 Å². The number of halogens is 1. The van der Waals surface area contributed by atoms with Crippen molar-refractivity contribution in [2.24, 2.45) is 0 Å². The zero-order chi connectivity index (χ0) is 13.9. The Kier molecular flexibility index (Phi) is 12.2. The first-order chi connectivity index (χ1) is 9.29. The number of nitrogens with zero attached hydrogens (tertiary/aromatic N) is 1. The van der Waals surface area contributed by atoms with Gasteiger partial charge in [-0.05, 0) is 32.4 Å². The molecule has 1 aliphatic heterocycles. The molecule has 0 spiro atoms. The van der Waals surface area contributed by atoms with Crippen molar-refractivity contribution < 1.29 is 14.3 Å². The van der Waals surface area contributed by atoms with Crippen molar-refractivity contribution in [1.82, 2.24) is 10.2 Å². The Morgan fingerprint density at radius 1 is 1.25 bits per heavy atom. The maximum absolute atomic E-state index is 12.3. The first kappa shape index (κ1) is 19.6. The molecule has 0 aliphatic carbocycles. The summed E-state index contributed by atoms with van der Waals surface area (Å²) in [6.07, 6.45) is 3.63. The molecule has 1 aliphatic rings. The van der Waals surface area contributed by atoms with Crippen LogP contribution >= 0.6 is 12.4 Å². The molecule has 1 N–H and O–H groups in total. The number of carbonyl (C=O) groups is 1. The summed E-state index contributed by atoms with van der Waals surface area (Å²) in [7, 11) is 1.65. The summed E-state index contributed by atoms with van der Waals surface area (Å²) in [4.78, 5) is 14.3. The van der Waals surface area contributed by atoms with Crippen molar-refractivity contribution in [3.63, 3.8) is 0 Å². The van der Waals surface area contributed by atoms with Crippen LogP contribution in [0, 0.1) is 0 Å². The fourth-order valence-electron chi connectivity index (χ4n) is 2.42.